The van der Waals surface area contributed by atoms with Crippen LogP contribution in [0.25, 0.3) is 0 Å². The molecule has 2 atom stereocenters. The molecule has 0 amide bonds. The Bertz CT molecular complexity index is 582. The van der Waals surface area contributed by atoms with Crippen LogP contribution >= 0.6 is 0 Å². The van der Waals surface area contributed by atoms with Crippen molar-refractivity contribution in [2.45, 2.75) is 12.6 Å². The van der Waals surface area contributed by atoms with E-state index >= 15 is 0 Å². The van der Waals surface area contributed by atoms with Crippen molar-refractivity contribution in [1.82, 2.24) is 5.06 Å². The second-order valence-corrected chi connectivity index (χ2v) is 4.95. The van der Waals surface area contributed by atoms with Gasteiger partial charge in [0.2, 0.25) is 0 Å². The monoisotopic (exact) mass is 287 g/mol. The van der Waals surface area contributed by atoms with E-state index in [0.29, 0.717) is 18.9 Å². The zero-order valence-electron chi connectivity index (χ0n) is 11.8. The lowest BCUT2D eigenvalue weighted by Gasteiger charge is -2.23. The summed E-state index contributed by atoms with van der Waals surface area (Å²) in [5.41, 5.74) is 1.11. The Morgan fingerprint density at radius 1 is 1.29 bits per heavy atom. The molecule has 2 heterocycles. The first-order chi connectivity index (χ1) is 10.3. The molecule has 1 aliphatic rings. The molecule has 0 spiro atoms. The number of furan rings is 1. The molecule has 3 rings (SSSR count). The number of hydroxylamine groups is 2. The number of nitrogens with zero attached hydrogens (tertiary/aromatic N) is 1. The Kier molecular flexibility index (Phi) is 4.03. The molecule has 1 aromatic heterocycles. The van der Waals surface area contributed by atoms with Gasteiger partial charge in [-0.05, 0) is 17.7 Å². The number of benzene rings is 1. The van der Waals surface area contributed by atoms with E-state index in [0.717, 1.165) is 5.56 Å². The van der Waals surface area contributed by atoms with Crippen molar-refractivity contribution >= 4 is 5.97 Å². The van der Waals surface area contributed by atoms with Crippen LogP contribution in [-0.4, -0.2) is 24.7 Å². The largest absolute Gasteiger partial charge is 0.469 e. The van der Waals surface area contributed by atoms with Crippen molar-refractivity contribution in [3.8, 4) is 0 Å². The third kappa shape index (κ3) is 2.84. The molecule has 0 saturated carbocycles. The van der Waals surface area contributed by atoms with Crippen LogP contribution < -0.4 is 0 Å². The van der Waals surface area contributed by atoms with Crippen LogP contribution in [0, 0.1) is 5.92 Å². The van der Waals surface area contributed by atoms with Crippen LogP contribution in [0.15, 0.2) is 53.1 Å². The van der Waals surface area contributed by atoms with Crippen LogP contribution in [0.1, 0.15) is 17.4 Å². The fraction of sp³-hybridized carbons (Fsp3) is 0.312. The molecule has 0 bridgehead atoms. The quantitative estimate of drug-likeness (QED) is 0.809. The van der Waals surface area contributed by atoms with E-state index in [1.165, 1.54) is 7.11 Å². The molecule has 5 heteroatoms. The number of carbonyl (C=O) groups is 1. The van der Waals surface area contributed by atoms with Gasteiger partial charge in [0.25, 0.3) is 0 Å². The van der Waals surface area contributed by atoms with Gasteiger partial charge < -0.3 is 9.15 Å². The van der Waals surface area contributed by atoms with E-state index in [1.807, 2.05) is 42.5 Å². The normalized spacial score (nSPS) is 22.3. The van der Waals surface area contributed by atoms with Crippen molar-refractivity contribution in [1.29, 1.82) is 0 Å². The summed E-state index contributed by atoms with van der Waals surface area (Å²) in [6.07, 6.45) is 1.60. The third-order valence-electron chi connectivity index (χ3n) is 3.63. The minimum Gasteiger partial charge on any atom is -0.469 e. The van der Waals surface area contributed by atoms with Crippen molar-refractivity contribution in [3.63, 3.8) is 0 Å². The van der Waals surface area contributed by atoms with Crippen LogP contribution in [0.2, 0.25) is 0 Å². The number of ether oxygens (including phenoxy) is 1. The Balaban J connectivity index is 1.84. The second-order valence-electron chi connectivity index (χ2n) is 4.95. The topological polar surface area (TPSA) is 51.9 Å². The number of carbonyl (C=O) groups excluding carboxylic acids is 1. The molecule has 5 nitrogen and oxygen atoms in total. The lowest BCUT2D eigenvalue weighted by molar-refractivity contribution is -0.147. The van der Waals surface area contributed by atoms with Gasteiger partial charge >= 0.3 is 5.97 Å². The summed E-state index contributed by atoms with van der Waals surface area (Å²) in [7, 11) is 1.39. The Morgan fingerprint density at radius 3 is 2.76 bits per heavy atom. The number of esters is 1. The molecular formula is C16H17NO4. The van der Waals surface area contributed by atoms with E-state index in [1.54, 1.807) is 11.3 Å². The summed E-state index contributed by atoms with van der Waals surface area (Å²) in [4.78, 5) is 17.6. The smallest absolute Gasteiger partial charge is 0.313 e. The number of hydrogen-bond donors (Lipinski definition) is 0. The molecular weight excluding hydrogens is 270 g/mol. The molecule has 21 heavy (non-hydrogen) atoms. The maximum absolute atomic E-state index is 11.9. The summed E-state index contributed by atoms with van der Waals surface area (Å²) >= 11 is 0. The standard InChI is InChI=1S/C16H17NO4/c1-19-16(18)13-11-21-17(10-12-6-3-2-4-7-12)15(13)14-8-5-9-20-14/h2-9,13,15H,10-11H2,1H3/t13-,15+/m0/s1. The lowest BCUT2D eigenvalue weighted by Crippen LogP contribution is -2.28. The van der Waals surface area contributed by atoms with Gasteiger partial charge in [0.1, 0.15) is 17.7 Å². The van der Waals surface area contributed by atoms with Crippen molar-refractivity contribution < 1.29 is 18.8 Å². The highest BCUT2D eigenvalue weighted by Crippen LogP contribution is 2.37. The van der Waals surface area contributed by atoms with Crippen LogP contribution in [0.5, 0.6) is 0 Å². The van der Waals surface area contributed by atoms with Crippen molar-refractivity contribution in [2.75, 3.05) is 13.7 Å². The zero-order valence-corrected chi connectivity index (χ0v) is 11.8. The SMILES string of the molecule is COC(=O)[C@H]1CON(Cc2ccccc2)[C@H]1c1ccco1. The van der Waals surface area contributed by atoms with Gasteiger partial charge in [-0.2, -0.15) is 5.06 Å². The van der Waals surface area contributed by atoms with E-state index in [9.17, 15) is 4.79 Å². The molecule has 1 aromatic carbocycles. The second kappa shape index (κ2) is 6.11. The van der Waals surface area contributed by atoms with Crippen molar-refractivity contribution in [2.24, 2.45) is 5.92 Å². The molecule has 110 valence electrons. The fourth-order valence-electron chi connectivity index (χ4n) is 2.60. The number of methoxy groups -OCH3 is 1. The van der Waals surface area contributed by atoms with Gasteiger partial charge in [0, 0.05) is 6.54 Å². The molecule has 0 N–H and O–H groups in total. The average Bonchev–Trinajstić information content (AvgIpc) is 3.16. The first kappa shape index (κ1) is 13.9. The van der Waals surface area contributed by atoms with E-state index in [2.05, 4.69) is 0 Å². The molecule has 0 radical (unpaired) electrons. The molecule has 1 fully saturated rings. The van der Waals surface area contributed by atoms with Gasteiger partial charge in [-0.25, -0.2) is 0 Å². The zero-order chi connectivity index (χ0) is 14.7. The maximum atomic E-state index is 11.9. The Hall–Kier alpha value is -2.11. The van der Waals surface area contributed by atoms with Crippen molar-refractivity contribution in [3.05, 3.63) is 60.1 Å². The molecule has 1 saturated heterocycles. The highest BCUT2D eigenvalue weighted by molar-refractivity contribution is 5.73. The summed E-state index contributed by atoms with van der Waals surface area (Å²) < 4.78 is 10.4. The third-order valence-corrected chi connectivity index (χ3v) is 3.63. The Labute approximate surface area is 123 Å². The number of hydrogen-bond acceptors (Lipinski definition) is 5. The van der Waals surface area contributed by atoms with Gasteiger partial charge in [0.15, 0.2) is 0 Å². The minimum absolute atomic E-state index is 0.271. The predicted molar refractivity (Wildman–Crippen MR) is 74.9 cm³/mol. The molecule has 0 unspecified atom stereocenters. The maximum Gasteiger partial charge on any atom is 0.313 e. The highest BCUT2D eigenvalue weighted by Gasteiger charge is 2.43. The minimum atomic E-state index is -0.384. The van der Waals surface area contributed by atoms with E-state index in [-0.39, 0.29) is 17.9 Å². The number of rotatable bonds is 4. The van der Waals surface area contributed by atoms with Gasteiger partial charge in [-0.1, -0.05) is 30.3 Å². The van der Waals surface area contributed by atoms with Crippen LogP contribution in [-0.2, 0) is 20.9 Å². The van der Waals surface area contributed by atoms with E-state index in [4.69, 9.17) is 14.0 Å². The molecule has 2 aromatic rings. The summed E-state index contributed by atoms with van der Waals surface area (Å²) in [6.45, 7) is 0.880. The van der Waals surface area contributed by atoms with E-state index < -0.39 is 0 Å². The predicted octanol–water partition coefficient (Wildman–Crippen LogP) is 2.56. The summed E-state index contributed by atoms with van der Waals surface area (Å²) in [6, 6.07) is 13.4. The van der Waals surface area contributed by atoms with Gasteiger partial charge in [-0.15, -0.1) is 0 Å². The summed E-state index contributed by atoms with van der Waals surface area (Å²) in [5.74, 6) is 0.0376. The van der Waals surface area contributed by atoms with Crippen LogP contribution in [0.3, 0.4) is 0 Å². The highest BCUT2D eigenvalue weighted by atomic mass is 16.7. The Morgan fingerprint density at radius 2 is 2.10 bits per heavy atom. The summed E-state index contributed by atoms with van der Waals surface area (Å²) in [5, 5.41) is 1.79. The molecule has 1 aliphatic heterocycles. The first-order valence-corrected chi connectivity index (χ1v) is 6.84. The first-order valence-electron chi connectivity index (χ1n) is 6.84. The van der Waals surface area contributed by atoms with Gasteiger partial charge in [0.05, 0.1) is 20.0 Å². The van der Waals surface area contributed by atoms with Crippen LogP contribution in [0.4, 0.5) is 0 Å². The lowest BCUT2D eigenvalue weighted by atomic mass is 9.99. The molecule has 0 aliphatic carbocycles. The fourth-order valence-corrected chi connectivity index (χ4v) is 2.60. The van der Waals surface area contributed by atoms with Gasteiger partial charge in [-0.3, -0.25) is 9.63 Å². The average molecular weight is 287 g/mol.